The van der Waals surface area contributed by atoms with Gasteiger partial charge in [0.05, 0.1) is 23.7 Å². The predicted octanol–water partition coefficient (Wildman–Crippen LogP) is 3.01. The fourth-order valence-corrected chi connectivity index (χ4v) is 1.66. The van der Waals surface area contributed by atoms with Crippen molar-refractivity contribution in [2.45, 2.75) is 46.8 Å². The third-order valence-electron chi connectivity index (χ3n) is 3.44. The quantitative estimate of drug-likeness (QED) is 0.876. The number of pyridine rings is 1. The SMILES string of the molecule is CC(O)c1ccc(N(C)C(C)C(C)(C)C)cn1. The lowest BCUT2D eigenvalue weighted by atomic mass is 9.87. The maximum absolute atomic E-state index is 9.42. The maximum atomic E-state index is 9.42. The molecule has 0 aliphatic rings. The first-order valence-corrected chi connectivity index (χ1v) is 6.10. The highest BCUT2D eigenvalue weighted by atomic mass is 16.3. The number of nitrogens with zero attached hydrogens (tertiary/aromatic N) is 2. The average Bonchev–Trinajstić information content (AvgIpc) is 2.26. The van der Waals surface area contributed by atoms with E-state index < -0.39 is 6.10 Å². The van der Waals surface area contributed by atoms with E-state index in [-0.39, 0.29) is 5.41 Å². The van der Waals surface area contributed by atoms with Crippen molar-refractivity contribution in [3.63, 3.8) is 0 Å². The molecule has 3 heteroatoms. The Morgan fingerprint density at radius 3 is 2.18 bits per heavy atom. The standard InChI is InChI=1S/C14H24N2O/c1-10(17)13-8-7-12(9-15-13)16(6)11(2)14(3,4)5/h7-11,17H,1-6H3. The number of hydrogen-bond acceptors (Lipinski definition) is 3. The molecule has 0 bridgehead atoms. The summed E-state index contributed by atoms with van der Waals surface area (Å²) in [5.41, 5.74) is 2.01. The van der Waals surface area contributed by atoms with E-state index in [9.17, 15) is 5.11 Å². The van der Waals surface area contributed by atoms with E-state index in [4.69, 9.17) is 0 Å². The second kappa shape index (κ2) is 5.05. The third-order valence-corrected chi connectivity index (χ3v) is 3.44. The molecule has 0 aliphatic heterocycles. The summed E-state index contributed by atoms with van der Waals surface area (Å²) in [5, 5.41) is 9.42. The highest BCUT2D eigenvalue weighted by Gasteiger charge is 2.24. The Morgan fingerprint density at radius 1 is 1.24 bits per heavy atom. The fraction of sp³-hybridized carbons (Fsp3) is 0.643. The lowest BCUT2D eigenvalue weighted by Gasteiger charge is -2.36. The Balaban J connectivity index is 2.87. The highest BCUT2D eigenvalue weighted by Crippen LogP contribution is 2.27. The third kappa shape index (κ3) is 3.43. The smallest absolute Gasteiger partial charge is 0.0931 e. The molecule has 1 N–H and O–H groups in total. The van der Waals surface area contributed by atoms with E-state index in [1.54, 1.807) is 6.92 Å². The predicted molar refractivity (Wildman–Crippen MR) is 72.2 cm³/mol. The van der Waals surface area contributed by atoms with Gasteiger partial charge in [0, 0.05) is 13.1 Å². The normalized spacial score (nSPS) is 15.5. The monoisotopic (exact) mass is 236 g/mol. The molecule has 0 radical (unpaired) electrons. The van der Waals surface area contributed by atoms with Crippen molar-refractivity contribution in [2.75, 3.05) is 11.9 Å². The Morgan fingerprint density at radius 2 is 1.82 bits per heavy atom. The van der Waals surface area contributed by atoms with Crippen LogP contribution in [0.1, 0.15) is 46.4 Å². The number of anilines is 1. The molecular weight excluding hydrogens is 212 g/mol. The molecule has 0 spiro atoms. The van der Waals surface area contributed by atoms with Crippen LogP contribution in [0.3, 0.4) is 0 Å². The summed E-state index contributed by atoms with van der Waals surface area (Å²) in [6.45, 7) is 10.6. The molecule has 96 valence electrons. The van der Waals surface area contributed by atoms with Crippen molar-refractivity contribution in [2.24, 2.45) is 5.41 Å². The fourth-order valence-electron chi connectivity index (χ4n) is 1.66. The second-order valence-electron chi connectivity index (χ2n) is 5.77. The Kier molecular flexibility index (Phi) is 4.15. The molecule has 1 aromatic heterocycles. The van der Waals surface area contributed by atoms with Crippen molar-refractivity contribution in [1.29, 1.82) is 0 Å². The lowest BCUT2D eigenvalue weighted by Crippen LogP contribution is -2.39. The van der Waals surface area contributed by atoms with Crippen LogP contribution in [0.25, 0.3) is 0 Å². The summed E-state index contributed by atoms with van der Waals surface area (Å²) in [5.74, 6) is 0. The maximum Gasteiger partial charge on any atom is 0.0931 e. The molecule has 2 atom stereocenters. The molecule has 3 nitrogen and oxygen atoms in total. The highest BCUT2D eigenvalue weighted by molar-refractivity contribution is 5.45. The van der Waals surface area contributed by atoms with Crippen LogP contribution >= 0.6 is 0 Å². The first-order valence-electron chi connectivity index (χ1n) is 6.10. The molecule has 1 heterocycles. The molecule has 0 saturated carbocycles. The van der Waals surface area contributed by atoms with Gasteiger partial charge in [0.15, 0.2) is 0 Å². The molecule has 0 amide bonds. The second-order valence-corrected chi connectivity index (χ2v) is 5.77. The van der Waals surface area contributed by atoms with Crippen LogP contribution in [0, 0.1) is 5.41 Å². The topological polar surface area (TPSA) is 36.4 Å². The zero-order valence-electron chi connectivity index (χ0n) is 11.7. The van der Waals surface area contributed by atoms with Gasteiger partial charge in [-0.25, -0.2) is 0 Å². The number of rotatable bonds is 3. The van der Waals surface area contributed by atoms with Gasteiger partial charge >= 0.3 is 0 Å². The van der Waals surface area contributed by atoms with Crippen LogP contribution < -0.4 is 4.90 Å². The molecule has 0 aromatic carbocycles. The Bertz CT molecular complexity index is 351. The molecule has 2 unspecified atom stereocenters. The van der Waals surface area contributed by atoms with Crippen LogP contribution in [0.5, 0.6) is 0 Å². The van der Waals surface area contributed by atoms with Gasteiger partial charge in [0.1, 0.15) is 0 Å². The number of aliphatic hydroxyl groups is 1. The van der Waals surface area contributed by atoms with E-state index in [1.807, 2.05) is 18.3 Å². The summed E-state index contributed by atoms with van der Waals surface area (Å²) < 4.78 is 0. The van der Waals surface area contributed by atoms with Crippen LogP contribution in [0.4, 0.5) is 5.69 Å². The molecule has 1 aromatic rings. The van der Waals surface area contributed by atoms with Gasteiger partial charge in [-0.05, 0) is 31.4 Å². The largest absolute Gasteiger partial charge is 0.387 e. The zero-order valence-corrected chi connectivity index (χ0v) is 11.7. The number of aliphatic hydroxyl groups excluding tert-OH is 1. The molecule has 17 heavy (non-hydrogen) atoms. The summed E-state index contributed by atoms with van der Waals surface area (Å²) in [4.78, 5) is 6.49. The molecule has 1 rings (SSSR count). The summed E-state index contributed by atoms with van der Waals surface area (Å²) in [6.07, 6.45) is 1.32. The summed E-state index contributed by atoms with van der Waals surface area (Å²) in [6, 6.07) is 4.31. The first-order chi connectivity index (χ1) is 7.73. The lowest BCUT2D eigenvalue weighted by molar-refractivity contribution is 0.194. The van der Waals surface area contributed by atoms with Gasteiger partial charge in [0.2, 0.25) is 0 Å². The minimum atomic E-state index is -0.505. The first kappa shape index (κ1) is 14.0. The van der Waals surface area contributed by atoms with Crippen LogP contribution in [0.2, 0.25) is 0 Å². The van der Waals surface area contributed by atoms with Crippen molar-refractivity contribution in [1.82, 2.24) is 4.98 Å². The average molecular weight is 236 g/mol. The zero-order chi connectivity index (χ0) is 13.2. The van der Waals surface area contributed by atoms with Crippen LogP contribution in [-0.4, -0.2) is 23.2 Å². The van der Waals surface area contributed by atoms with Crippen molar-refractivity contribution in [3.05, 3.63) is 24.0 Å². The Hall–Kier alpha value is -1.09. The van der Waals surface area contributed by atoms with E-state index >= 15 is 0 Å². The van der Waals surface area contributed by atoms with Gasteiger partial charge in [-0.2, -0.15) is 0 Å². The van der Waals surface area contributed by atoms with Gasteiger partial charge in [-0.15, -0.1) is 0 Å². The molecular formula is C14H24N2O. The van der Waals surface area contributed by atoms with E-state index in [0.29, 0.717) is 11.7 Å². The van der Waals surface area contributed by atoms with Gasteiger partial charge < -0.3 is 10.0 Å². The molecule has 0 aliphatic carbocycles. The summed E-state index contributed by atoms with van der Waals surface area (Å²) in [7, 11) is 2.08. The van der Waals surface area contributed by atoms with Crippen molar-refractivity contribution < 1.29 is 5.11 Å². The number of hydrogen-bond donors (Lipinski definition) is 1. The van der Waals surface area contributed by atoms with Crippen molar-refractivity contribution in [3.8, 4) is 0 Å². The molecule has 0 fully saturated rings. The van der Waals surface area contributed by atoms with Crippen molar-refractivity contribution >= 4 is 5.69 Å². The van der Waals surface area contributed by atoms with E-state index in [1.165, 1.54) is 0 Å². The molecule has 0 saturated heterocycles. The van der Waals surface area contributed by atoms with E-state index in [2.05, 4.69) is 44.6 Å². The minimum absolute atomic E-state index is 0.220. The van der Waals surface area contributed by atoms with Crippen LogP contribution in [0.15, 0.2) is 18.3 Å². The van der Waals surface area contributed by atoms with Crippen LogP contribution in [-0.2, 0) is 0 Å². The number of aromatic nitrogens is 1. The minimum Gasteiger partial charge on any atom is -0.387 e. The van der Waals surface area contributed by atoms with E-state index in [0.717, 1.165) is 5.69 Å². The van der Waals surface area contributed by atoms with Gasteiger partial charge in [-0.3, -0.25) is 4.98 Å². The summed E-state index contributed by atoms with van der Waals surface area (Å²) >= 11 is 0. The Labute approximate surface area is 104 Å². The van der Waals surface area contributed by atoms with Gasteiger partial charge in [-0.1, -0.05) is 20.8 Å². The van der Waals surface area contributed by atoms with Gasteiger partial charge in [0.25, 0.3) is 0 Å².